The number of ether oxygens (including phenoxy) is 2. The number of benzene rings is 1. The van der Waals surface area contributed by atoms with Gasteiger partial charge in [0.1, 0.15) is 0 Å². The maximum atomic E-state index is 12.2. The van der Waals surface area contributed by atoms with Gasteiger partial charge in [-0.3, -0.25) is 25.0 Å². The molecule has 3 rings (SSSR count). The van der Waals surface area contributed by atoms with Crippen LogP contribution in [0.5, 0.6) is 11.5 Å². The number of hydrogen-bond donors (Lipinski definition) is 1. The van der Waals surface area contributed by atoms with Gasteiger partial charge in [0, 0.05) is 29.6 Å². The molecule has 0 saturated carbocycles. The van der Waals surface area contributed by atoms with Gasteiger partial charge >= 0.3 is 16.0 Å². The molecule has 170 valence electrons. The van der Waals surface area contributed by atoms with Crippen molar-refractivity contribution < 1.29 is 28.9 Å². The molecular formula is C20H15N3O8S2. The lowest BCUT2D eigenvalue weighted by molar-refractivity contribution is -0.380. The van der Waals surface area contributed by atoms with Crippen LogP contribution in [0.3, 0.4) is 0 Å². The number of hydrogen-bond acceptors (Lipinski definition) is 10. The minimum absolute atomic E-state index is 0.0373. The largest absolute Gasteiger partial charge is 0.493 e. The number of methoxy groups -OCH3 is 1. The minimum Gasteiger partial charge on any atom is -0.493 e. The lowest BCUT2D eigenvalue weighted by atomic mass is 10.2. The zero-order valence-corrected chi connectivity index (χ0v) is 18.5. The number of nitrogens with zero attached hydrogens (tertiary/aromatic N) is 2. The molecule has 0 atom stereocenters. The maximum absolute atomic E-state index is 12.2. The Morgan fingerprint density at radius 3 is 2.33 bits per heavy atom. The summed E-state index contributed by atoms with van der Waals surface area (Å²) in [6.45, 7) is 0.117. The number of carbonyl (C=O) groups is 2. The first-order valence-electron chi connectivity index (χ1n) is 9.10. The molecular weight excluding hydrogens is 474 g/mol. The zero-order chi connectivity index (χ0) is 24.0. The van der Waals surface area contributed by atoms with Crippen LogP contribution < -0.4 is 14.8 Å². The standard InChI is InChI=1S/C20H15N3O8S2/c1-30-15-10-12(11-21-20(25)16-6-8-18(33-16)23(28)29)2-5-14(15)31-19(24)9-4-13-3-7-17(32-13)22(26)27/h2-10H,11H2,1H3,(H,21,25)/b9-4+. The van der Waals surface area contributed by atoms with Crippen molar-refractivity contribution in [1.29, 1.82) is 0 Å². The van der Waals surface area contributed by atoms with Crippen molar-refractivity contribution in [3.8, 4) is 11.5 Å². The lowest BCUT2D eigenvalue weighted by Gasteiger charge is -2.10. The number of rotatable bonds is 9. The average Bonchev–Trinajstić information content (AvgIpc) is 3.47. The van der Waals surface area contributed by atoms with E-state index in [0.29, 0.717) is 10.4 Å². The van der Waals surface area contributed by atoms with Gasteiger partial charge < -0.3 is 14.8 Å². The molecule has 0 aliphatic carbocycles. The van der Waals surface area contributed by atoms with Gasteiger partial charge in [0.05, 0.1) is 21.8 Å². The van der Waals surface area contributed by atoms with Gasteiger partial charge in [0.25, 0.3) is 5.91 Å². The molecule has 0 saturated heterocycles. The number of amides is 1. The number of nitrogens with one attached hydrogen (secondary N) is 1. The van der Waals surface area contributed by atoms with Crippen molar-refractivity contribution >= 4 is 50.6 Å². The highest BCUT2D eigenvalue weighted by Crippen LogP contribution is 2.29. The monoisotopic (exact) mass is 489 g/mol. The summed E-state index contributed by atoms with van der Waals surface area (Å²) in [6, 6.07) is 10.2. The van der Waals surface area contributed by atoms with Gasteiger partial charge in [-0.15, -0.1) is 0 Å². The van der Waals surface area contributed by atoms with Crippen LogP contribution in [-0.2, 0) is 11.3 Å². The van der Waals surface area contributed by atoms with E-state index in [0.717, 1.165) is 28.7 Å². The Labute approximate surface area is 194 Å². The predicted molar refractivity (Wildman–Crippen MR) is 121 cm³/mol. The fraction of sp³-hybridized carbons (Fsp3) is 0.100. The van der Waals surface area contributed by atoms with Gasteiger partial charge in [-0.1, -0.05) is 28.7 Å². The van der Waals surface area contributed by atoms with Crippen LogP contribution >= 0.6 is 22.7 Å². The van der Waals surface area contributed by atoms with Crippen molar-refractivity contribution in [1.82, 2.24) is 5.32 Å². The Morgan fingerprint density at radius 2 is 1.70 bits per heavy atom. The van der Waals surface area contributed by atoms with E-state index in [9.17, 15) is 29.8 Å². The summed E-state index contributed by atoms with van der Waals surface area (Å²) in [7, 11) is 1.39. The second-order valence-corrected chi connectivity index (χ2v) is 8.41. The van der Waals surface area contributed by atoms with Gasteiger partial charge in [-0.2, -0.15) is 0 Å². The third-order valence-corrected chi connectivity index (χ3v) is 6.10. The molecule has 0 bridgehead atoms. The zero-order valence-electron chi connectivity index (χ0n) is 16.9. The molecule has 33 heavy (non-hydrogen) atoms. The van der Waals surface area contributed by atoms with E-state index in [1.807, 2.05) is 0 Å². The molecule has 13 heteroatoms. The summed E-state index contributed by atoms with van der Waals surface area (Å²) >= 11 is 1.70. The highest BCUT2D eigenvalue weighted by molar-refractivity contribution is 7.17. The normalized spacial score (nSPS) is 10.7. The van der Waals surface area contributed by atoms with E-state index in [1.165, 1.54) is 43.5 Å². The quantitative estimate of drug-likeness (QED) is 0.154. The Kier molecular flexibility index (Phi) is 7.48. The first-order chi connectivity index (χ1) is 15.8. The van der Waals surface area contributed by atoms with E-state index in [4.69, 9.17) is 9.47 Å². The average molecular weight is 489 g/mol. The molecule has 3 aromatic rings. The van der Waals surface area contributed by atoms with E-state index >= 15 is 0 Å². The van der Waals surface area contributed by atoms with Gasteiger partial charge in [-0.25, -0.2) is 4.79 Å². The molecule has 0 spiro atoms. The van der Waals surface area contributed by atoms with E-state index in [1.54, 1.807) is 12.1 Å². The van der Waals surface area contributed by atoms with E-state index < -0.39 is 21.7 Å². The summed E-state index contributed by atoms with van der Waals surface area (Å²) in [5.41, 5.74) is 0.646. The van der Waals surface area contributed by atoms with Gasteiger partial charge in [0.2, 0.25) is 0 Å². The summed E-state index contributed by atoms with van der Waals surface area (Å²) in [6.07, 6.45) is 2.55. The SMILES string of the molecule is COc1cc(CNC(=O)c2ccc([N+](=O)[O-])s2)ccc1OC(=O)/C=C/c1ccc([N+](=O)[O-])s1. The second-order valence-electron chi connectivity index (χ2n) is 6.25. The van der Waals surface area contributed by atoms with E-state index in [2.05, 4.69) is 5.32 Å². The summed E-state index contributed by atoms with van der Waals surface area (Å²) in [5.74, 6) is -0.762. The Hall–Kier alpha value is -4.10. The number of esters is 1. The second kappa shape index (κ2) is 10.5. The molecule has 11 nitrogen and oxygen atoms in total. The fourth-order valence-corrected chi connectivity index (χ4v) is 4.01. The van der Waals surface area contributed by atoms with Crippen LogP contribution in [0.25, 0.3) is 6.08 Å². The highest BCUT2D eigenvalue weighted by atomic mass is 32.1. The first-order valence-corrected chi connectivity index (χ1v) is 10.7. The molecule has 1 amide bonds. The first kappa shape index (κ1) is 23.6. The van der Waals surface area contributed by atoms with Crippen molar-refractivity contribution in [3.63, 3.8) is 0 Å². The summed E-state index contributed by atoms with van der Waals surface area (Å²) in [4.78, 5) is 45.4. The molecule has 1 N–H and O–H groups in total. The molecule has 0 aliphatic heterocycles. The Balaban J connectivity index is 1.60. The van der Waals surface area contributed by atoms with Crippen LogP contribution in [-0.4, -0.2) is 28.8 Å². The third kappa shape index (κ3) is 6.21. The Morgan fingerprint density at radius 1 is 1.00 bits per heavy atom. The minimum atomic E-state index is -0.704. The molecule has 2 aromatic heterocycles. The van der Waals surface area contributed by atoms with Crippen molar-refractivity contribution in [2.75, 3.05) is 7.11 Å². The van der Waals surface area contributed by atoms with Gasteiger partial charge in [-0.05, 0) is 35.9 Å². The topological polar surface area (TPSA) is 151 Å². The molecule has 0 fully saturated rings. The smallest absolute Gasteiger partial charge is 0.336 e. The van der Waals surface area contributed by atoms with E-state index in [-0.39, 0.29) is 32.9 Å². The Bertz CT molecular complexity index is 1250. The van der Waals surface area contributed by atoms with Crippen LogP contribution in [0.1, 0.15) is 20.1 Å². The number of thiophene rings is 2. The van der Waals surface area contributed by atoms with Crippen LogP contribution in [0.15, 0.2) is 48.5 Å². The fourth-order valence-electron chi connectivity index (χ4n) is 2.55. The maximum Gasteiger partial charge on any atom is 0.336 e. The predicted octanol–water partition coefficient (Wildman–Crippen LogP) is 4.18. The van der Waals surface area contributed by atoms with Gasteiger partial charge in [0.15, 0.2) is 11.5 Å². The highest BCUT2D eigenvalue weighted by Gasteiger charge is 2.16. The number of nitro groups is 2. The van der Waals surface area contributed by atoms with Crippen molar-refractivity contribution in [3.05, 3.63) is 84.1 Å². The van der Waals surface area contributed by atoms with Crippen LogP contribution in [0.4, 0.5) is 10.0 Å². The summed E-state index contributed by atoms with van der Waals surface area (Å²) in [5, 5.41) is 23.9. The molecule has 0 unspecified atom stereocenters. The van der Waals surface area contributed by atoms with Crippen LogP contribution in [0, 0.1) is 20.2 Å². The number of carbonyl (C=O) groups excluding carboxylic acids is 2. The van der Waals surface area contributed by atoms with Crippen molar-refractivity contribution in [2.45, 2.75) is 6.54 Å². The molecule has 0 radical (unpaired) electrons. The lowest BCUT2D eigenvalue weighted by Crippen LogP contribution is -2.21. The third-order valence-electron chi connectivity index (χ3n) is 4.06. The van der Waals surface area contributed by atoms with Crippen molar-refractivity contribution in [2.24, 2.45) is 0 Å². The summed E-state index contributed by atoms with van der Waals surface area (Å²) < 4.78 is 10.5. The molecule has 1 aromatic carbocycles. The molecule has 0 aliphatic rings. The van der Waals surface area contributed by atoms with Crippen LogP contribution in [0.2, 0.25) is 0 Å². The molecule has 2 heterocycles.